The summed E-state index contributed by atoms with van der Waals surface area (Å²) >= 11 is 3.51. The molecule has 0 heterocycles. The van der Waals surface area contributed by atoms with E-state index in [9.17, 15) is 5.11 Å². The van der Waals surface area contributed by atoms with Gasteiger partial charge in [-0.15, -0.1) is 0 Å². The fraction of sp³-hybridized carbons (Fsp3) is 0.533. The molecule has 2 atom stereocenters. The van der Waals surface area contributed by atoms with Crippen molar-refractivity contribution in [2.45, 2.75) is 31.9 Å². The third-order valence-corrected chi connectivity index (χ3v) is 4.53. The number of hydrogen-bond donors (Lipinski definition) is 1. The molecule has 0 bridgehead atoms. The van der Waals surface area contributed by atoms with Gasteiger partial charge < -0.3 is 10.0 Å². The van der Waals surface area contributed by atoms with Crippen molar-refractivity contribution in [1.82, 2.24) is 4.90 Å². The first kappa shape index (κ1) is 14.5. The molecule has 2 unspecified atom stereocenters. The Morgan fingerprint density at radius 1 is 1.47 bits per heavy atom. The Hall–Kier alpha value is -0.890. The summed E-state index contributed by atoms with van der Waals surface area (Å²) in [5.41, 5.74) is 1.85. The SMILES string of the molecule is CN(Cc1ccc(C#N)cc1Br)CC1CCCC1O. The summed E-state index contributed by atoms with van der Waals surface area (Å²) in [6.45, 7) is 1.75. The summed E-state index contributed by atoms with van der Waals surface area (Å²) in [7, 11) is 2.08. The Morgan fingerprint density at radius 2 is 2.26 bits per heavy atom. The second kappa shape index (κ2) is 6.51. The molecule has 2 rings (SSSR count). The van der Waals surface area contributed by atoms with Gasteiger partial charge in [0.15, 0.2) is 0 Å². The molecule has 1 saturated carbocycles. The van der Waals surface area contributed by atoms with E-state index < -0.39 is 0 Å². The van der Waals surface area contributed by atoms with Crippen LogP contribution in [-0.2, 0) is 6.54 Å². The number of hydrogen-bond acceptors (Lipinski definition) is 3. The van der Waals surface area contributed by atoms with Gasteiger partial charge in [0.05, 0.1) is 17.7 Å². The first-order valence-electron chi connectivity index (χ1n) is 6.65. The predicted octanol–water partition coefficient (Wildman–Crippen LogP) is 2.91. The van der Waals surface area contributed by atoms with Crippen LogP contribution >= 0.6 is 15.9 Å². The normalized spacial score (nSPS) is 22.7. The molecule has 0 radical (unpaired) electrons. The molecule has 102 valence electrons. The average molecular weight is 323 g/mol. The molecular weight excluding hydrogens is 304 g/mol. The molecule has 0 aromatic heterocycles. The Morgan fingerprint density at radius 3 is 2.84 bits per heavy atom. The van der Waals surface area contributed by atoms with Crippen molar-refractivity contribution in [3.05, 3.63) is 33.8 Å². The van der Waals surface area contributed by atoms with Gasteiger partial charge in [-0.25, -0.2) is 0 Å². The van der Waals surface area contributed by atoms with E-state index in [0.29, 0.717) is 11.5 Å². The van der Waals surface area contributed by atoms with Crippen LogP contribution in [0, 0.1) is 17.2 Å². The van der Waals surface area contributed by atoms with E-state index in [0.717, 1.165) is 36.8 Å². The lowest BCUT2D eigenvalue weighted by Crippen LogP contribution is -2.29. The molecule has 4 heteroatoms. The van der Waals surface area contributed by atoms with Crippen LogP contribution < -0.4 is 0 Å². The van der Waals surface area contributed by atoms with Crippen molar-refractivity contribution in [2.75, 3.05) is 13.6 Å². The van der Waals surface area contributed by atoms with Crippen molar-refractivity contribution < 1.29 is 5.11 Å². The van der Waals surface area contributed by atoms with E-state index in [4.69, 9.17) is 5.26 Å². The van der Waals surface area contributed by atoms with Crippen LogP contribution in [0.15, 0.2) is 22.7 Å². The van der Waals surface area contributed by atoms with Gasteiger partial charge >= 0.3 is 0 Å². The molecule has 1 fully saturated rings. The number of aliphatic hydroxyl groups excluding tert-OH is 1. The van der Waals surface area contributed by atoms with Crippen LogP contribution in [0.4, 0.5) is 0 Å². The van der Waals surface area contributed by atoms with Gasteiger partial charge in [0.2, 0.25) is 0 Å². The molecule has 1 aromatic rings. The summed E-state index contributed by atoms with van der Waals surface area (Å²) in [6, 6.07) is 7.83. The van der Waals surface area contributed by atoms with E-state index in [1.807, 2.05) is 18.2 Å². The zero-order chi connectivity index (χ0) is 13.8. The predicted molar refractivity (Wildman–Crippen MR) is 78.5 cm³/mol. The van der Waals surface area contributed by atoms with Gasteiger partial charge in [0, 0.05) is 17.6 Å². The van der Waals surface area contributed by atoms with Gasteiger partial charge in [0.1, 0.15) is 0 Å². The minimum atomic E-state index is -0.133. The highest BCUT2D eigenvalue weighted by Crippen LogP contribution is 2.27. The number of nitrogens with zero attached hydrogens (tertiary/aromatic N) is 2. The molecule has 0 amide bonds. The largest absolute Gasteiger partial charge is 0.393 e. The zero-order valence-corrected chi connectivity index (χ0v) is 12.7. The molecule has 1 aliphatic rings. The van der Waals surface area contributed by atoms with Crippen LogP contribution in [0.2, 0.25) is 0 Å². The van der Waals surface area contributed by atoms with E-state index in [1.54, 1.807) is 0 Å². The summed E-state index contributed by atoms with van der Waals surface area (Å²) in [5, 5.41) is 18.7. The minimum absolute atomic E-state index is 0.133. The fourth-order valence-electron chi connectivity index (χ4n) is 2.73. The topological polar surface area (TPSA) is 47.3 Å². The molecule has 3 nitrogen and oxygen atoms in total. The van der Waals surface area contributed by atoms with Crippen LogP contribution in [0.5, 0.6) is 0 Å². The highest BCUT2D eigenvalue weighted by molar-refractivity contribution is 9.10. The summed E-state index contributed by atoms with van der Waals surface area (Å²) in [5.74, 6) is 0.405. The summed E-state index contributed by atoms with van der Waals surface area (Å²) in [6.07, 6.45) is 3.08. The Labute approximate surface area is 123 Å². The van der Waals surface area contributed by atoms with Crippen LogP contribution in [-0.4, -0.2) is 29.7 Å². The molecule has 0 aliphatic heterocycles. The summed E-state index contributed by atoms with van der Waals surface area (Å²) < 4.78 is 0.977. The maximum Gasteiger partial charge on any atom is 0.0992 e. The van der Waals surface area contributed by atoms with Gasteiger partial charge in [-0.05, 0) is 43.5 Å². The maximum atomic E-state index is 9.85. The average Bonchev–Trinajstić information content (AvgIpc) is 2.77. The number of benzene rings is 1. The third kappa shape index (κ3) is 3.79. The molecule has 1 N–H and O–H groups in total. The van der Waals surface area contributed by atoms with E-state index >= 15 is 0 Å². The number of rotatable bonds is 4. The van der Waals surface area contributed by atoms with Crippen LogP contribution in [0.1, 0.15) is 30.4 Å². The van der Waals surface area contributed by atoms with Crippen LogP contribution in [0.25, 0.3) is 0 Å². The third-order valence-electron chi connectivity index (χ3n) is 3.79. The molecule has 19 heavy (non-hydrogen) atoms. The molecular formula is C15H19BrN2O. The standard InChI is InChI=1S/C15H19BrN2O/c1-18(10-13-3-2-4-15(13)19)9-12-6-5-11(8-17)7-14(12)16/h5-7,13,15,19H,2-4,9-10H2,1H3. The zero-order valence-electron chi connectivity index (χ0n) is 11.1. The van der Waals surface area contributed by atoms with Gasteiger partial charge in [-0.1, -0.05) is 28.4 Å². The molecule has 0 saturated heterocycles. The lowest BCUT2D eigenvalue weighted by Gasteiger charge is -2.23. The number of aliphatic hydroxyl groups is 1. The molecule has 1 aromatic carbocycles. The van der Waals surface area contributed by atoms with E-state index in [1.165, 1.54) is 5.56 Å². The van der Waals surface area contributed by atoms with Crippen molar-refractivity contribution in [3.63, 3.8) is 0 Å². The first-order chi connectivity index (χ1) is 9.10. The lowest BCUT2D eigenvalue weighted by atomic mass is 10.1. The van der Waals surface area contributed by atoms with Crippen molar-refractivity contribution in [2.24, 2.45) is 5.92 Å². The number of halogens is 1. The van der Waals surface area contributed by atoms with Gasteiger partial charge in [0.25, 0.3) is 0 Å². The summed E-state index contributed by atoms with van der Waals surface area (Å²) in [4.78, 5) is 2.24. The Bertz CT molecular complexity index is 484. The second-order valence-electron chi connectivity index (χ2n) is 5.37. The van der Waals surface area contributed by atoms with Crippen molar-refractivity contribution in [3.8, 4) is 6.07 Å². The monoisotopic (exact) mass is 322 g/mol. The smallest absolute Gasteiger partial charge is 0.0992 e. The Balaban J connectivity index is 1.95. The number of nitriles is 1. The van der Waals surface area contributed by atoms with E-state index in [-0.39, 0.29) is 6.10 Å². The fourth-order valence-corrected chi connectivity index (χ4v) is 3.24. The highest BCUT2D eigenvalue weighted by atomic mass is 79.9. The first-order valence-corrected chi connectivity index (χ1v) is 7.44. The van der Waals surface area contributed by atoms with Gasteiger partial charge in [-0.2, -0.15) is 5.26 Å². The molecule has 0 spiro atoms. The van der Waals surface area contributed by atoms with Crippen molar-refractivity contribution in [1.29, 1.82) is 5.26 Å². The quantitative estimate of drug-likeness (QED) is 0.927. The maximum absolute atomic E-state index is 9.85. The minimum Gasteiger partial charge on any atom is -0.393 e. The highest BCUT2D eigenvalue weighted by Gasteiger charge is 2.26. The van der Waals surface area contributed by atoms with Crippen LogP contribution in [0.3, 0.4) is 0 Å². The van der Waals surface area contributed by atoms with Crippen molar-refractivity contribution >= 4 is 15.9 Å². The molecule has 1 aliphatic carbocycles. The Kier molecular flexibility index (Phi) is 4.98. The lowest BCUT2D eigenvalue weighted by molar-refractivity contribution is 0.108. The second-order valence-corrected chi connectivity index (χ2v) is 6.23. The van der Waals surface area contributed by atoms with Gasteiger partial charge in [-0.3, -0.25) is 0 Å². The van der Waals surface area contributed by atoms with E-state index in [2.05, 4.69) is 33.9 Å².